The molecule has 0 amide bonds. The summed E-state index contributed by atoms with van der Waals surface area (Å²) in [6.07, 6.45) is 3.25. The third-order valence-corrected chi connectivity index (χ3v) is 7.39. The van der Waals surface area contributed by atoms with Crippen molar-refractivity contribution in [1.82, 2.24) is 9.29 Å². The van der Waals surface area contributed by atoms with Crippen LogP contribution in [0.5, 0.6) is 0 Å². The van der Waals surface area contributed by atoms with Gasteiger partial charge in [0.05, 0.1) is 16.3 Å². The molecule has 3 aromatic rings. The van der Waals surface area contributed by atoms with E-state index in [9.17, 15) is 8.42 Å². The monoisotopic (exact) mass is 404 g/mol. The number of sulfonamides is 1. The Hall–Kier alpha value is -1.73. The van der Waals surface area contributed by atoms with Crippen molar-refractivity contribution in [2.24, 2.45) is 0 Å². The highest BCUT2D eigenvalue weighted by molar-refractivity contribution is 7.92. The average molecular weight is 405 g/mol. The number of para-hydroxylation sites is 1. The van der Waals surface area contributed by atoms with Crippen LogP contribution in [0.2, 0.25) is 5.02 Å². The summed E-state index contributed by atoms with van der Waals surface area (Å²) in [6, 6.07) is 14.8. The van der Waals surface area contributed by atoms with Crippen LogP contribution in [0.25, 0.3) is 16.3 Å². The highest BCUT2D eigenvalue weighted by atomic mass is 35.5. The van der Waals surface area contributed by atoms with Crippen molar-refractivity contribution in [2.45, 2.75) is 18.9 Å². The van der Waals surface area contributed by atoms with E-state index in [1.54, 1.807) is 46.0 Å². The van der Waals surface area contributed by atoms with Gasteiger partial charge in [0.2, 0.25) is 10.0 Å². The lowest BCUT2D eigenvalue weighted by Gasteiger charge is -2.20. The first-order chi connectivity index (χ1) is 12.5. The molecule has 0 radical (unpaired) electrons. The number of hydrogen-bond donors (Lipinski definition) is 0. The number of thiazole rings is 1. The van der Waals surface area contributed by atoms with Crippen LogP contribution in [0.1, 0.15) is 29.5 Å². The van der Waals surface area contributed by atoms with Gasteiger partial charge in [0.15, 0.2) is 0 Å². The molecular weight excluding hydrogens is 388 g/mol. The lowest BCUT2D eigenvalue weighted by molar-refractivity contribution is 0.402. The molecule has 2 aromatic carbocycles. The molecule has 1 saturated heterocycles. The Morgan fingerprint density at radius 2 is 1.92 bits per heavy atom. The van der Waals surface area contributed by atoms with Crippen LogP contribution >= 0.6 is 22.9 Å². The predicted molar refractivity (Wildman–Crippen MR) is 108 cm³/mol. The van der Waals surface area contributed by atoms with E-state index in [-0.39, 0.29) is 6.04 Å². The van der Waals surface area contributed by atoms with Crippen LogP contribution in [-0.2, 0) is 10.0 Å². The Bertz CT molecular complexity index is 1030. The summed E-state index contributed by atoms with van der Waals surface area (Å²) in [5.74, 6) is 0. The lowest BCUT2D eigenvalue weighted by Crippen LogP contribution is -2.28. The minimum Gasteiger partial charge on any atom is -0.239 e. The van der Waals surface area contributed by atoms with Gasteiger partial charge in [0.25, 0.3) is 0 Å². The largest absolute Gasteiger partial charge is 0.239 e. The minimum absolute atomic E-state index is 0.188. The fourth-order valence-electron chi connectivity index (χ4n) is 3.14. The second-order valence-corrected chi connectivity index (χ2v) is 9.46. The molecule has 1 aliphatic heterocycles. The molecule has 4 nitrogen and oxygen atoms in total. The lowest BCUT2D eigenvalue weighted by atomic mass is 10.2. The number of nitrogens with zero attached hydrogens (tertiary/aromatic N) is 2. The van der Waals surface area contributed by atoms with E-state index in [1.807, 2.05) is 24.3 Å². The first-order valence-corrected chi connectivity index (χ1v) is 11.0. The summed E-state index contributed by atoms with van der Waals surface area (Å²) in [5, 5.41) is 2.77. The van der Waals surface area contributed by atoms with Crippen molar-refractivity contribution >= 4 is 49.3 Å². The van der Waals surface area contributed by atoms with Crippen LogP contribution in [-0.4, -0.2) is 24.3 Å². The molecule has 4 rings (SSSR count). The molecule has 0 unspecified atom stereocenters. The number of halogens is 1. The Morgan fingerprint density at radius 1 is 1.15 bits per heavy atom. The fraction of sp³-hybridized carbons (Fsp3) is 0.211. The number of rotatable bonds is 4. The van der Waals surface area contributed by atoms with Crippen molar-refractivity contribution < 1.29 is 8.42 Å². The Kier molecular flexibility index (Phi) is 4.84. The maximum atomic E-state index is 12.9. The van der Waals surface area contributed by atoms with E-state index < -0.39 is 10.0 Å². The van der Waals surface area contributed by atoms with Crippen LogP contribution in [0.4, 0.5) is 0 Å². The van der Waals surface area contributed by atoms with Gasteiger partial charge in [-0.05, 0) is 48.7 Å². The van der Waals surface area contributed by atoms with E-state index >= 15 is 0 Å². The van der Waals surface area contributed by atoms with E-state index in [1.165, 1.54) is 5.41 Å². The van der Waals surface area contributed by atoms with E-state index in [0.717, 1.165) is 33.6 Å². The molecule has 134 valence electrons. The van der Waals surface area contributed by atoms with Gasteiger partial charge in [-0.15, -0.1) is 11.3 Å². The predicted octanol–water partition coefficient (Wildman–Crippen LogP) is 5.09. The highest BCUT2D eigenvalue weighted by Crippen LogP contribution is 2.38. The quantitative estimate of drug-likeness (QED) is 0.608. The first-order valence-electron chi connectivity index (χ1n) is 8.34. The number of hydrogen-bond acceptors (Lipinski definition) is 4. The first kappa shape index (κ1) is 17.7. The Labute approximate surface area is 161 Å². The summed E-state index contributed by atoms with van der Waals surface area (Å²) < 4.78 is 28.4. The topological polar surface area (TPSA) is 50.3 Å². The zero-order valence-electron chi connectivity index (χ0n) is 13.9. The molecule has 1 fully saturated rings. The van der Waals surface area contributed by atoms with Gasteiger partial charge in [-0.2, -0.15) is 4.31 Å². The maximum absolute atomic E-state index is 12.9. The average Bonchev–Trinajstić information content (AvgIpc) is 3.28. The standard InChI is InChI=1S/C19H17ClN2O2S2/c20-15-9-7-14(8-10-15)11-13-26(23,24)22-12-3-5-17(22)19-21-16-4-1-2-6-18(16)25-19/h1-2,4,6-11,13,17H,3,5,12H2/b13-11+/t17-/m1/s1. The summed E-state index contributed by atoms with van der Waals surface area (Å²) >= 11 is 7.44. The van der Waals surface area contributed by atoms with Gasteiger partial charge in [-0.1, -0.05) is 35.9 Å². The second kappa shape index (κ2) is 7.12. The van der Waals surface area contributed by atoms with E-state index in [2.05, 4.69) is 4.98 Å². The van der Waals surface area contributed by atoms with Crippen molar-refractivity contribution in [1.29, 1.82) is 0 Å². The zero-order chi connectivity index (χ0) is 18.1. The third kappa shape index (κ3) is 3.55. The summed E-state index contributed by atoms with van der Waals surface area (Å²) in [5.41, 5.74) is 1.72. The van der Waals surface area contributed by atoms with Gasteiger partial charge in [0.1, 0.15) is 5.01 Å². The molecule has 2 heterocycles. The number of fused-ring (bicyclic) bond motifs is 1. The smallest absolute Gasteiger partial charge is 0.236 e. The van der Waals surface area contributed by atoms with Crippen LogP contribution < -0.4 is 0 Å². The molecule has 0 spiro atoms. The Balaban J connectivity index is 1.61. The summed E-state index contributed by atoms with van der Waals surface area (Å²) in [4.78, 5) is 4.66. The van der Waals surface area contributed by atoms with Crippen LogP contribution in [0.3, 0.4) is 0 Å². The van der Waals surface area contributed by atoms with Gasteiger partial charge in [0, 0.05) is 17.0 Å². The normalized spacial score (nSPS) is 18.9. The van der Waals surface area contributed by atoms with Crippen molar-refractivity contribution in [3.05, 3.63) is 69.5 Å². The maximum Gasteiger partial charge on any atom is 0.236 e. The number of benzene rings is 2. The zero-order valence-corrected chi connectivity index (χ0v) is 16.3. The second-order valence-electron chi connectivity index (χ2n) is 6.19. The number of aromatic nitrogens is 1. The van der Waals surface area contributed by atoms with Crippen LogP contribution in [0, 0.1) is 0 Å². The van der Waals surface area contributed by atoms with E-state index in [0.29, 0.717) is 11.6 Å². The molecule has 1 aliphatic rings. The molecule has 7 heteroatoms. The minimum atomic E-state index is -3.52. The van der Waals surface area contributed by atoms with Crippen molar-refractivity contribution in [2.75, 3.05) is 6.54 Å². The van der Waals surface area contributed by atoms with Gasteiger partial charge >= 0.3 is 0 Å². The van der Waals surface area contributed by atoms with Gasteiger partial charge in [-0.3, -0.25) is 0 Å². The molecule has 0 N–H and O–H groups in total. The molecule has 26 heavy (non-hydrogen) atoms. The molecule has 1 atom stereocenters. The summed E-state index contributed by atoms with van der Waals surface area (Å²) in [7, 11) is -3.52. The molecule has 0 bridgehead atoms. The van der Waals surface area contributed by atoms with Crippen molar-refractivity contribution in [3.63, 3.8) is 0 Å². The highest BCUT2D eigenvalue weighted by Gasteiger charge is 2.35. The van der Waals surface area contributed by atoms with Gasteiger partial charge < -0.3 is 0 Å². The SMILES string of the molecule is O=S(=O)(/C=C/c1ccc(Cl)cc1)N1CCC[C@@H]1c1nc2ccccc2s1. The molecule has 0 saturated carbocycles. The molecule has 1 aromatic heterocycles. The van der Waals surface area contributed by atoms with Gasteiger partial charge in [-0.25, -0.2) is 13.4 Å². The van der Waals surface area contributed by atoms with Crippen molar-refractivity contribution in [3.8, 4) is 0 Å². The van der Waals surface area contributed by atoms with E-state index in [4.69, 9.17) is 11.6 Å². The fourth-order valence-corrected chi connectivity index (χ4v) is 5.88. The molecular formula is C19H17ClN2O2S2. The summed E-state index contributed by atoms with van der Waals surface area (Å²) in [6.45, 7) is 0.522. The third-order valence-electron chi connectivity index (χ3n) is 4.43. The van der Waals surface area contributed by atoms with Crippen LogP contribution in [0.15, 0.2) is 53.9 Å². The Morgan fingerprint density at radius 3 is 2.69 bits per heavy atom. The molecule has 0 aliphatic carbocycles.